The highest BCUT2D eigenvalue weighted by Gasteiger charge is 2.20. The van der Waals surface area contributed by atoms with E-state index in [4.69, 9.17) is 5.73 Å². The largest absolute Gasteiger partial charge is 0.387 e. The Morgan fingerprint density at radius 2 is 2.38 bits per heavy atom. The molecule has 1 atom stereocenters. The van der Waals surface area contributed by atoms with Gasteiger partial charge in [0, 0.05) is 12.3 Å². The summed E-state index contributed by atoms with van der Waals surface area (Å²) in [6.07, 6.45) is 2.88. The summed E-state index contributed by atoms with van der Waals surface area (Å²) >= 11 is 1.51. The molecule has 1 rings (SSSR count). The second kappa shape index (κ2) is 5.31. The first-order valence-electron chi connectivity index (χ1n) is 4.68. The second-order valence-corrected chi connectivity index (χ2v) is 4.57. The standard InChI is InChI=1S/C9H15FN4OS/c1-9(15,5-16-2)4-13-7-6(10)3-12-8(11)14-7/h3,15H,4-5H2,1-2H3,(H3,11,12,13,14). The van der Waals surface area contributed by atoms with Gasteiger partial charge in [0.2, 0.25) is 5.95 Å². The molecule has 1 unspecified atom stereocenters. The molecule has 0 saturated heterocycles. The summed E-state index contributed by atoms with van der Waals surface area (Å²) in [6.45, 7) is 1.86. The maximum Gasteiger partial charge on any atom is 0.222 e. The van der Waals surface area contributed by atoms with Gasteiger partial charge in [0.1, 0.15) is 0 Å². The molecular weight excluding hydrogens is 231 g/mol. The lowest BCUT2D eigenvalue weighted by molar-refractivity contribution is 0.0995. The molecule has 4 N–H and O–H groups in total. The minimum absolute atomic E-state index is 0.00610. The number of nitrogens with one attached hydrogen (secondary N) is 1. The van der Waals surface area contributed by atoms with Crippen molar-refractivity contribution >= 4 is 23.5 Å². The molecule has 16 heavy (non-hydrogen) atoms. The lowest BCUT2D eigenvalue weighted by atomic mass is 10.1. The Morgan fingerprint density at radius 3 is 3.00 bits per heavy atom. The summed E-state index contributed by atoms with van der Waals surface area (Å²) in [6, 6.07) is 0. The van der Waals surface area contributed by atoms with Gasteiger partial charge >= 0.3 is 0 Å². The Labute approximate surface area is 97.7 Å². The van der Waals surface area contributed by atoms with Crippen LogP contribution in [-0.2, 0) is 0 Å². The molecule has 1 heterocycles. The van der Waals surface area contributed by atoms with Crippen molar-refractivity contribution in [2.45, 2.75) is 12.5 Å². The van der Waals surface area contributed by atoms with Gasteiger partial charge in [-0.05, 0) is 13.2 Å². The van der Waals surface area contributed by atoms with Crippen molar-refractivity contribution in [3.63, 3.8) is 0 Å². The zero-order valence-electron chi connectivity index (χ0n) is 9.20. The predicted molar refractivity (Wildman–Crippen MR) is 63.9 cm³/mol. The summed E-state index contributed by atoms with van der Waals surface area (Å²) in [5.74, 6) is -0.0428. The normalized spacial score (nSPS) is 14.5. The molecule has 90 valence electrons. The van der Waals surface area contributed by atoms with Crippen molar-refractivity contribution in [1.29, 1.82) is 0 Å². The van der Waals surface area contributed by atoms with Crippen LogP contribution in [0.4, 0.5) is 16.2 Å². The van der Waals surface area contributed by atoms with Gasteiger partial charge in [-0.2, -0.15) is 16.7 Å². The van der Waals surface area contributed by atoms with E-state index in [2.05, 4.69) is 15.3 Å². The van der Waals surface area contributed by atoms with Crippen molar-refractivity contribution in [3.05, 3.63) is 12.0 Å². The van der Waals surface area contributed by atoms with E-state index in [1.807, 2.05) is 6.26 Å². The number of thioether (sulfide) groups is 1. The molecule has 7 heteroatoms. The molecule has 1 aromatic heterocycles. The lowest BCUT2D eigenvalue weighted by Crippen LogP contribution is -2.36. The fourth-order valence-corrected chi connectivity index (χ4v) is 1.86. The topological polar surface area (TPSA) is 84.1 Å². The summed E-state index contributed by atoms with van der Waals surface area (Å²) in [5, 5.41) is 12.6. The first-order valence-corrected chi connectivity index (χ1v) is 6.07. The van der Waals surface area contributed by atoms with Gasteiger partial charge in [-0.1, -0.05) is 0 Å². The van der Waals surface area contributed by atoms with E-state index in [1.165, 1.54) is 11.8 Å². The van der Waals surface area contributed by atoms with E-state index in [0.717, 1.165) is 6.20 Å². The first-order chi connectivity index (χ1) is 7.44. The number of halogens is 1. The van der Waals surface area contributed by atoms with Crippen LogP contribution in [0, 0.1) is 5.82 Å². The molecule has 0 radical (unpaired) electrons. The van der Waals surface area contributed by atoms with Crippen molar-refractivity contribution in [2.24, 2.45) is 0 Å². The highest BCUT2D eigenvalue weighted by molar-refractivity contribution is 7.98. The van der Waals surface area contributed by atoms with Gasteiger partial charge in [-0.25, -0.2) is 9.37 Å². The SMILES string of the molecule is CSCC(C)(O)CNc1nc(N)ncc1F. The third-order valence-electron chi connectivity index (χ3n) is 1.85. The Balaban J connectivity index is 2.63. The molecule has 0 aliphatic rings. The van der Waals surface area contributed by atoms with Crippen LogP contribution in [0.3, 0.4) is 0 Å². The van der Waals surface area contributed by atoms with Crippen molar-refractivity contribution in [1.82, 2.24) is 9.97 Å². The lowest BCUT2D eigenvalue weighted by Gasteiger charge is -2.22. The highest BCUT2D eigenvalue weighted by Crippen LogP contribution is 2.14. The van der Waals surface area contributed by atoms with Gasteiger partial charge in [-0.3, -0.25) is 0 Å². The quantitative estimate of drug-likeness (QED) is 0.710. The van der Waals surface area contributed by atoms with Crippen LogP contribution in [0.2, 0.25) is 0 Å². The van der Waals surface area contributed by atoms with Crippen LogP contribution < -0.4 is 11.1 Å². The Kier molecular flexibility index (Phi) is 4.31. The number of nitrogens with zero attached hydrogens (tertiary/aromatic N) is 2. The number of rotatable bonds is 5. The van der Waals surface area contributed by atoms with E-state index in [0.29, 0.717) is 5.75 Å². The zero-order valence-corrected chi connectivity index (χ0v) is 10.0. The number of aliphatic hydroxyl groups is 1. The smallest absolute Gasteiger partial charge is 0.222 e. The van der Waals surface area contributed by atoms with E-state index < -0.39 is 11.4 Å². The molecule has 0 aliphatic carbocycles. The average Bonchev–Trinajstić information content (AvgIpc) is 2.19. The van der Waals surface area contributed by atoms with Crippen LogP contribution in [0.1, 0.15) is 6.92 Å². The molecule has 0 spiro atoms. The van der Waals surface area contributed by atoms with Gasteiger partial charge in [0.15, 0.2) is 11.6 Å². The molecule has 0 aliphatic heterocycles. The fourth-order valence-electron chi connectivity index (χ4n) is 1.14. The molecule has 0 aromatic carbocycles. The van der Waals surface area contributed by atoms with Crippen LogP contribution >= 0.6 is 11.8 Å². The summed E-state index contributed by atoms with van der Waals surface area (Å²) in [4.78, 5) is 7.20. The third-order valence-corrected chi connectivity index (χ3v) is 2.77. The minimum Gasteiger partial charge on any atom is -0.387 e. The maximum absolute atomic E-state index is 13.2. The van der Waals surface area contributed by atoms with Gasteiger partial charge in [-0.15, -0.1) is 0 Å². The Bertz CT molecular complexity index is 361. The number of hydrogen-bond acceptors (Lipinski definition) is 6. The van der Waals surface area contributed by atoms with E-state index in [1.54, 1.807) is 6.92 Å². The fraction of sp³-hybridized carbons (Fsp3) is 0.556. The molecule has 0 amide bonds. The Hall–Kier alpha value is -1.08. The first kappa shape index (κ1) is 13.0. The highest BCUT2D eigenvalue weighted by atomic mass is 32.2. The predicted octanol–water partition coefficient (Wildman–Crippen LogP) is 0.724. The Morgan fingerprint density at radius 1 is 1.69 bits per heavy atom. The van der Waals surface area contributed by atoms with Crippen molar-refractivity contribution in [3.8, 4) is 0 Å². The minimum atomic E-state index is -0.925. The number of nitrogens with two attached hydrogens (primary N) is 1. The number of anilines is 2. The van der Waals surface area contributed by atoms with Gasteiger partial charge in [0.25, 0.3) is 0 Å². The van der Waals surface area contributed by atoms with Gasteiger partial charge < -0.3 is 16.2 Å². The summed E-state index contributed by atoms with van der Waals surface area (Å²) in [7, 11) is 0. The molecule has 0 bridgehead atoms. The van der Waals surface area contributed by atoms with E-state index in [-0.39, 0.29) is 18.3 Å². The van der Waals surface area contributed by atoms with E-state index in [9.17, 15) is 9.50 Å². The molecule has 5 nitrogen and oxygen atoms in total. The number of aromatic nitrogens is 2. The zero-order chi connectivity index (χ0) is 12.2. The second-order valence-electron chi connectivity index (χ2n) is 3.71. The molecule has 0 fully saturated rings. The van der Waals surface area contributed by atoms with Crippen molar-refractivity contribution < 1.29 is 9.50 Å². The van der Waals surface area contributed by atoms with Crippen LogP contribution in [-0.4, -0.2) is 39.2 Å². The monoisotopic (exact) mass is 246 g/mol. The summed E-state index contributed by atoms with van der Waals surface area (Å²) < 4.78 is 13.2. The van der Waals surface area contributed by atoms with E-state index >= 15 is 0 Å². The van der Waals surface area contributed by atoms with Crippen LogP contribution in [0.15, 0.2) is 6.20 Å². The average molecular weight is 246 g/mol. The summed E-state index contributed by atoms with van der Waals surface area (Å²) in [5.41, 5.74) is 4.40. The van der Waals surface area contributed by atoms with Crippen molar-refractivity contribution in [2.75, 3.05) is 29.6 Å². The molecular formula is C9H15FN4OS. The maximum atomic E-state index is 13.2. The van der Waals surface area contributed by atoms with Crippen LogP contribution in [0.25, 0.3) is 0 Å². The number of nitrogen functional groups attached to an aromatic ring is 1. The molecule has 0 saturated carbocycles. The molecule has 1 aromatic rings. The third kappa shape index (κ3) is 3.82. The number of hydrogen-bond donors (Lipinski definition) is 3. The van der Waals surface area contributed by atoms with Crippen LogP contribution in [0.5, 0.6) is 0 Å². The van der Waals surface area contributed by atoms with Gasteiger partial charge in [0.05, 0.1) is 11.8 Å².